The summed E-state index contributed by atoms with van der Waals surface area (Å²) in [4.78, 5) is 19.2. The summed E-state index contributed by atoms with van der Waals surface area (Å²) in [7, 11) is 0. The van der Waals surface area contributed by atoms with E-state index in [1.807, 2.05) is 42.5 Å². The molecule has 0 radical (unpaired) electrons. The molecule has 1 aliphatic rings. The van der Waals surface area contributed by atoms with Gasteiger partial charge in [-0.1, -0.05) is 29.3 Å². The molecule has 180 valence electrons. The molecule has 2 aromatic carbocycles. The van der Waals surface area contributed by atoms with E-state index in [-0.39, 0.29) is 11.4 Å². The van der Waals surface area contributed by atoms with Crippen molar-refractivity contribution in [3.05, 3.63) is 81.6 Å². The summed E-state index contributed by atoms with van der Waals surface area (Å²) in [5.41, 5.74) is 4.41. The summed E-state index contributed by atoms with van der Waals surface area (Å²) in [6.45, 7) is 7.18. The van der Waals surface area contributed by atoms with E-state index in [9.17, 15) is 4.79 Å². The summed E-state index contributed by atoms with van der Waals surface area (Å²) in [5, 5.41) is 15.7. The predicted molar refractivity (Wildman–Crippen MR) is 142 cm³/mol. The summed E-state index contributed by atoms with van der Waals surface area (Å²) in [5.74, 6) is 0.287. The van der Waals surface area contributed by atoms with Crippen LogP contribution in [0.4, 0.5) is 11.5 Å². The zero-order valence-corrected chi connectivity index (χ0v) is 21.0. The first kappa shape index (κ1) is 23.6. The summed E-state index contributed by atoms with van der Waals surface area (Å²) < 4.78 is 0. The van der Waals surface area contributed by atoms with Gasteiger partial charge in [0.25, 0.3) is 5.91 Å². The number of benzene rings is 2. The number of H-pyrrole nitrogens is 1. The zero-order valence-electron chi connectivity index (χ0n) is 19.5. The molecule has 3 N–H and O–H groups in total. The zero-order chi connectivity index (χ0) is 24.6. The number of piperazine rings is 1. The monoisotopic (exact) mass is 508 g/mol. The number of hydrogen-bond acceptors (Lipinski definition) is 5. The van der Waals surface area contributed by atoms with E-state index in [4.69, 9.17) is 23.2 Å². The fourth-order valence-corrected chi connectivity index (χ4v) is 4.95. The molecule has 3 heterocycles. The first-order valence-electron chi connectivity index (χ1n) is 11.5. The van der Waals surface area contributed by atoms with Crippen molar-refractivity contribution in [3.63, 3.8) is 0 Å². The number of anilines is 2. The van der Waals surface area contributed by atoms with Crippen molar-refractivity contribution in [3.8, 4) is 0 Å². The van der Waals surface area contributed by atoms with Crippen LogP contribution in [-0.4, -0.2) is 46.3 Å². The fourth-order valence-electron chi connectivity index (χ4n) is 4.45. The standard InChI is InChI=1S/C26H26Cl2N6O/c1-26(2)15-34(10-9-30-26)18-6-4-17(5-7-18)25(35)31-24-19-8-3-16(12-23(19)32-33-24)11-20-21(27)13-29-14-22(20)28/h3-8,12-14,30H,9-11,15H2,1-2H3,(H2,31,32,33,35). The number of amides is 1. The van der Waals surface area contributed by atoms with Crippen LogP contribution in [0.3, 0.4) is 0 Å². The van der Waals surface area contributed by atoms with E-state index in [1.54, 1.807) is 12.4 Å². The third kappa shape index (κ3) is 5.12. The highest BCUT2D eigenvalue weighted by Crippen LogP contribution is 2.28. The van der Waals surface area contributed by atoms with E-state index in [1.165, 1.54) is 0 Å². The molecule has 1 aliphatic heterocycles. The highest BCUT2D eigenvalue weighted by Gasteiger charge is 2.25. The molecule has 1 saturated heterocycles. The number of halogens is 2. The quantitative estimate of drug-likeness (QED) is 0.340. The lowest BCUT2D eigenvalue weighted by atomic mass is 10.0. The SMILES string of the molecule is CC1(C)CN(c2ccc(C(=O)Nc3n[nH]c4cc(Cc5c(Cl)cncc5Cl)ccc34)cc2)CCN1. The Bertz CT molecular complexity index is 1360. The van der Waals surface area contributed by atoms with Crippen LogP contribution in [0.15, 0.2) is 54.9 Å². The largest absolute Gasteiger partial charge is 0.368 e. The van der Waals surface area contributed by atoms with Gasteiger partial charge >= 0.3 is 0 Å². The molecule has 0 bridgehead atoms. The normalized spacial score (nSPS) is 15.4. The molecule has 0 unspecified atom stereocenters. The molecule has 0 aliphatic carbocycles. The minimum Gasteiger partial charge on any atom is -0.368 e. The number of fused-ring (bicyclic) bond motifs is 1. The molecule has 9 heteroatoms. The molecular formula is C26H26Cl2N6O. The lowest BCUT2D eigenvalue weighted by molar-refractivity contribution is 0.102. The Morgan fingerprint density at radius 2 is 1.86 bits per heavy atom. The first-order valence-corrected chi connectivity index (χ1v) is 12.2. The van der Waals surface area contributed by atoms with Crippen molar-refractivity contribution in [1.82, 2.24) is 20.5 Å². The summed E-state index contributed by atoms with van der Waals surface area (Å²) >= 11 is 12.5. The molecule has 35 heavy (non-hydrogen) atoms. The summed E-state index contributed by atoms with van der Waals surface area (Å²) in [6, 6.07) is 13.6. The second-order valence-corrected chi connectivity index (χ2v) is 10.3. The van der Waals surface area contributed by atoms with Crippen molar-refractivity contribution >= 4 is 51.5 Å². The number of aromatic nitrogens is 3. The molecule has 0 spiro atoms. The van der Waals surface area contributed by atoms with E-state index in [0.29, 0.717) is 27.8 Å². The Morgan fingerprint density at radius 1 is 1.11 bits per heavy atom. The van der Waals surface area contributed by atoms with Crippen LogP contribution in [-0.2, 0) is 6.42 Å². The topological polar surface area (TPSA) is 85.9 Å². The third-order valence-electron chi connectivity index (χ3n) is 6.26. The Morgan fingerprint density at radius 3 is 2.57 bits per heavy atom. The van der Waals surface area contributed by atoms with E-state index < -0.39 is 0 Å². The molecule has 0 saturated carbocycles. The van der Waals surface area contributed by atoms with E-state index in [0.717, 1.165) is 47.4 Å². The minimum absolute atomic E-state index is 0.0615. The minimum atomic E-state index is -0.204. The third-order valence-corrected chi connectivity index (χ3v) is 6.91. The van der Waals surface area contributed by atoms with Gasteiger partial charge in [0.15, 0.2) is 5.82 Å². The number of aromatic amines is 1. The molecule has 1 fully saturated rings. The van der Waals surface area contributed by atoms with Crippen molar-refractivity contribution in [1.29, 1.82) is 0 Å². The molecule has 0 atom stereocenters. The predicted octanol–water partition coefficient (Wildman–Crippen LogP) is 5.30. The van der Waals surface area contributed by atoms with Crippen molar-refractivity contribution < 1.29 is 4.79 Å². The van der Waals surface area contributed by atoms with Gasteiger partial charge in [-0.2, -0.15) is 5.10 Å². The molecule has 2 aromatic heterocycles. The van der Waals surface area contributed by atoms with Crippen LogP contribution < -0.4 is 15.5 Å². The highest BCUT2D eigenvalue weighted by atomic mass is 35.5. The average Bonchev–Trinajstić information content (AvgIpc) is 3.23. The number of hydrogen-bond donors (Lipinski definition) is 3. The Hall–Kier alpha value is -3.13. The number of nitrogens with zero attached hydrogens (tertiary/aromatic N) is 3. The smallest absolute Gasteiger partial charge is 0.256 e. The number of rotatable bonds is 5. The van der Waals surface area contributed by atoms with Crippen LogP contribution in [0.5, 0.6) is 0 Å². The maximum absolute atomic E-state index is 12.9. The summed E-state index contributed by atoms with van der Waals surface area (Å²) in [6.07, 6.45) is 3.73. The Balaban J connectivity index is 1.29. The number of carbonyl (C=O) groups is 1. The molecular weight excluding hydrogens is 483 g/mol. The number of carbonyl (C=O) groups excluding carboxylic acids is 1. The van der Waals surface area contributed by atoms with Crippen LogP contribution in [0.1, 0.15) is 35.3 Å². The lowest BCUT2D eigenvalue weighted by Gasteiger charge is -2.40. The van der Waals surface area contributed by atoms with Gasteiger partial charge in [0.05, 0.1) is 15.6 Å². The molecule has 7 nitrogen and oxygen atoms in total. The first-order chi connectivity index (χ1) is 16.8. The van der Waals surface area contributed by atoms with Gasteiger partial charge < -0.3 is 15.5 Å². The fraction of sp³-hybridized carbons (Fsp3) is 0.269. The van der Waals surface area contributed by atoms with Gasteiger partial charge in [0.2, 0.25) is 0 Å². The second-order valence-electron chi connectivity index (χ2n) is 9.44. The highest BCUT2D eigenvalue weighted by molar-refractivity contribution is 6.35. The number of pyridine rings is 1. The Kier molecular flexibility index (Phi) is 6.40. The van der Waals surface area contributed by atoms with Gasteiger partial charge in [0, 0.05) is 60.6 Å². The Labute approximate surface area is 213 Å². The van der Waals surface area contributed by atoms with Gasteiger partial charge in [-0.15, -0.1) is 0 Å². The molecule has 4 aromatic rings. The molecule has 1 amide bonds. The van der Waals surface area contributed by atoms with Crippen LogP contribution in [0.25, 0.3) is 10.9 Å². The van der Waals surface area contributed by atoms with Crippen LogP contribution in [0.2, 0.25) is 10.0 Å². The maximum atomic E-state index is 12.9. The van der Waals surface area contributed by atoms with Gasteiger partial charge in [-0.3, -0.25) is 14.9 Å². The van der Waals surface area contributed by atoms with Gasteiger partial charge in [0.1, 0.15) is 0 Å². The number of nitrogens with one attached hydrogen (secondary N) is 3. The van der Waals surface area contributed by atoms with Crippen LogP contribution in [0, 0.1) is 0 Å². The maximum Gasteiger partial charge on any atom is 0.256 e. The van der Waals surface area contributed by atoms with E-state index >= 15 is 0 Å². The van der Waals surface area contributed by atoms with Gasteiger partial charge in [-0.05, 0) is 61.4 Å². The lowest BCUT2D eigenvalue weighted by Crippen LogP contribution is -2.57. The van der Waals surface area contributed by atoms with Crippen molar-refractivity contribution in [2.24, 2.45) is 0 Å². The molecule has 5 rings (SSSR count). The van der Waals surface area contributed by atoms with Crippen LogP contribution >= 0.6 is 23.2 Å². The average molecular weight is 509 g/mol. The van der Waals surface area contributed by atoms with E-state index in [2.05, 4.69) is 44.6 Å². The second kappa shape index (κ2) is 9.49. The van der Waals surface area contributed by atoms with Gasteiger partial charge in [-0.25, -0.2) is 0 Å². The van der Waals surface area contributed by atoms with Crippen molar-refractivity contribution in [2.75, 3.05) is 29.9 Å². The van der Waals surface area contributed by atoms with Crippen molar-refractivity contribution in [2.45, 2.75) is 25.8 Å².